The molecular formula is C22H28N2O5. The Bertz CT molecular complexity index is 803. The van der Waals surface area contributed by atoms with E-state index in [1.807, 2.05) is 25.1 Å². The third kappa shape index (κ3) is 6.17. The summed E-state index contributed by atoms with van der Waals surface area (Å²) >= 11 is 0. The number of nitrogens with one attached hydrogen (secondary N) is 1. The third-order valence-corrected chi connectivity index (χ3v) is 4.71. The van der Waals surface area contributed by atoms with Crippen molar-refractivity contribution in [1.29, 1.82) is 0 Å². The lowest BCUT2D eigenvalue weighted by molar-refractivity contribution is -0.130. The van der Waals surface area contributed by atoms with Gasteiger partial charge in [-0.05, 0) is 56.9 Å². The number of hydrogen-bond donors (Lipinski definition) is 1. The van der Waals surface area contributed by atoms with Gasteiger partial charge in [0.25, 0.3) is 5.91 Å². The second-order valence-corrected chi connectivity index (χ2v) is 7.09. The molecule has 1 aliphatic heterocycles. The number of aryl methyl sites for hydroxylation is 1. The number of amides is 1. The van der Waals surface area contributed by atoms with Crippen LogP contribution in [0.5, 0.6) is 17.4 Å². The summed E-state index contributed by atoms with van der Waals surface area (Å²) in [5.74, 6) is 1.40. The van der Waals surface area contributed by atoms with E-state index in [1.165, 1.54) is 0 Å². The van der Waals surface area contributed by atoms with E-state index in [4.69, 9.17) is 18.9 Å². The van der Waals surface area contributed by atoms with E-state index in [-0.39, 0.29) is 12.0 Å². The van der Waals surface area contributed by atoms with Gasteiger partial charge in [0.2, 0.25) is 5.88 Å². The number of methoxy groups -OCH3 is 1. The second-order valence-electron chi connectivity index (χ2n) is 7.09. The Labute approximate surface area is 171 Å². The minimum atomic E-state index is -0.576. The van der Waals surface area contributed by atoms with E-state index in [0.29, 0.717) is 29.7 Å². The minimum absolute atomic E-state index is 0.0795. The lowest BCUT2D eigenvalue weighted by Crippen LogP contribution is -2.32. The fraction of sp³-hybridized carbons (Fsp3) is 0.455. The molecule has 1 aliphatic rings. The summed E-state index contributed by atoms with van der Waals surface area (Å²) in [6.07, 6.45) is 4.26. The molecule has 0 saturated carbocycles. The Balaban J connectivity index is 1.51. The van der Waals surface area contributed by atoms with Crippen LogP contribution in [-0.2, 0) is 14.3 Å². The van der Waals surface area contributed by atoms with Crippen molar-refractivity contribution in [2.24, 2.45) is 0 Å². The third-order valence-electron chi connectivity index (χ3n) is 4.71. The summed E-state index contributed by atoms with van der Waals surface area (Å²) < 4.78 is 22.4. The summed E-state index contributed by atoms with van der Waals surface area (Å²) in [6, 6.07) is 9.09. The first-order chi connectivity index (χ1) is 14.0. The number of anilines is 1. The number of benzene rings is 1. The monoisotopic (exact) mass is 400 g/mol. The normalized spacial score (nSPS) is 17.4. The van der Waals surface area contributed by atoms with Crippen LogP contribution in [-0.4, -0.2) is 43.4 Å². The van der Waals surface area contributed by atoms with Crippen molar-refractivity contribution in [3.8, 4) is 17.4 Å². The van der Waals surface area contributed by atoms with Crippen molar-refractivity contribution in [3.05, 3.63) is 42.1 Å². The molecule has 2 unspecified atom stereocenters. The van der Waals surface area contributed by atoms with Crippen LogP contribution in [0.4, 0.5) is 5.69 Å². The molecule has 7 nitrogen and oxygen atoms in total. The van der Waals surface area contributed by atoms with Gasteiger partial charge < -0.3 is 24.3 Å². The van der Waals surface area contributed by atoms with Crippen LogP contribution in [0.15, 0.2) is 36.5 Å². The molecule has 1 saturated heterocycles. The van der Waals surface area contributed by atoms with Gasteiger partial charge in [0.05, 0.1) is 31.7 Å². The fourth-order valence-corrected chi connectivity index (χ4v) is 3.00. The average Bonchev–Trinajstić information content (AvgIpc) is 2.75. The van der Waals surface area contributed by atoms with Gasteiger partial charge in [0, 0.05) is 12.7 Å². The summed E-state index contributed by atoms with van der Waals surface area (Å²) in [5, 5.41) is 2.80. The molecule has 2 atom stereocenters. The van der Waals surface area contributed by atoms with Crippen LogP contribution < -0.4 is 14.8 Å². The van der Waals surface area contributed by atoms with Gasteiger partial charge in [-0.1, -0.05) is 6.07 Å². The highest BCUT2D eigenvalue weighted by atomic mass is 16.5. The number of carbonyl (C=O) groups excluding carboxylic acids is 1. The Morgan fingerprint density at radius 3 is 2.83 bits per heavy atom. The van der Waals surface area contributed by atoms with Gasteiger partial charge >= 0.3 is 0 Å². The first-order valence-electron chi connectivity index (χ1n) is 9.88. The van der Waals surface area contributed by atoms with E-state index >= 15 is 0 Å². The number of pyridine rings is 1. The van der Waals surface area contributed by atoms with Crippen molar-refractivity contribution in [3.63, 3.8) is 0 Å². The molecular weight excluding hydrogens is 372 g/mol. The molecule has 1 N–H and O–H groups in total. The quantitative estimate of drug-likeness (QED) is 0.719. The van der Waals surface area contributed by atoms with E-state index in [2.05, 4.69) is 10.3 Å². The van der Waals surface area contributed by atoms with Gasteiger partial charge in [0.15, 0.2) is 11.5 Å². The highest BCUT2D eigenvalue weighted by Gasteiger charge is 2.19. The van der Waals surface area contributed by atoms with E-state index in [1.54, 1.807) is 32.4 Å². The minimum Gasteiger partial charge on any atom is -0.493 e. The Hall–Kier alpha value is -2.64. The van der Waals surface area contributed by atoms with Crippen LogP contribution in [0.25, 0.3) is 0 Å². The SMILES string of the molecule is COc1cc(C)ccc1Oc1ccc(NC(=O)C(C)OCC2CCCCO2)cn1. The molecule has 3 rings (SSSR count). The second kappa shape index (κ2) is 10.2. The lowest BCUT2D eigenvalue weighted by Gasteiger charge is -2.23. The number of aromatic nitrogens is 1. The van der Waals surface area contributed by atoms with Crippen LogP contribution >= 0.6 is 0 Å². The van der Waals surface area contributed by atoms with Gasteiger partial charge in [0.1, 0.15) is 6.10 Å². The predicted octanol–water partition coefficient (Wildman–Crippen LogP) is 4.10. The first kappa shape index (κ1) is 21.1. The van der Waals surface area contributed by atoms with Gasteiger partial charge in [-0.15, -0.1) is 0 Å². The van der Waals surface area contributed by atoms with Gasteiger partial charge in [-0.25, -0.2) is 4.98 Å². The molecule has 1 fully saturated rings. The maximum Gasteiger partial charge on any atom is 0.253 e. The first-order valence-corrected chi connectivity index (χ1v) is 9.88. The molecule has 2 heterocycles. The van der Waals surface area contributed by atoms with Crippen LogP contribution in [0.1, 0.15) is 31.7 Å². The maximum absolute atomic E-state index is 12.3. The van der Waals surface area contributed by atoms with E-state index in [0.717, 1.165) is 31.4 Å². The highest BCUT2D eigenvalue weighted by molar-refractivity contribution is 5.93. The topological polar surface area (TPSA) is 78.9 Å². The zero-order valence-electron chi connectivity index (χ0n) is 17.1. The molecule has 156 valence electrons. The molecule has 0 aliphatic carbocycles. The summed E-state index contributed by atoms with van der Waals surface area (Å²) in [7, 11) is 1.59. The standard InChI is InChI=1S/C22H28N2O5/c1-15-7-9-19(20(12-15)26-3)29-21-10-8-17(13-23-21)24-22(25)16(2)28-14-18-6-4-5-11-27-18/h7-10,12-13,16,18H,4-6,11,14H2,1-3H3,(H,24,25). The van der Waals surface area contributed by atoms with E-state index in [9.17, 15) is 4.79 Å². The highest BCUT2D eigenvalue weighted by Crippen LogP contribution is 2.31. The molecule has 29 heavy (non-hydrogen) atoms. The van der Waals surface area contributed by atoms with Crippen molar-refractivity contribution < 1.29 is 23.7 Å². The predicted molar refractivity (Wildman–Crippen MR) is 110 cm³/mol. The molecule has 2 aromatic rings. The zero-order valence-corrected chi connectivity index (χ0v) is 17.1. The number of hydrogen-bond acceptors (Lipinski definition) is 6. The summed E-state index contributed by atoms with van der Waals surface area (Å²) in [6.45, 7) is 4.91. The van der Waals surface area contributed by atoms with Gasteiger partial charge in [-0.3, -0.25) is 4.79 Å². The molecule has 7 heteroatoms. The molecule has 0 radical (unpaired) electrons. The summed E-state index contributed by atoms with van der Waals surface area (Å²) in [5.41, 5.74) is 1.65. The van der Waals surface area contributed by atoms with Gasteiger partial charge in [-0.2, -0.15) is 0 Å². The molecule has 1 amide bonds. The van der Waals surface area contributed by atoms with Crippen LogP contribution in [0.2, 0.25) is 0 Å². The number of rotatable bonds is 8. The Morgan fingerprint density at radius 2 is 2.14 bits per heavy atom. The molecule has 0 spiro atoms. The smallest absolute Gasteiger partial charge is 0.253 e. The zero-order chi connectivity index (χ0) is 20.6. The fourth-order valence-electron chi connectivity index (χ4n) is 3.00. The molecule has 0 bridgehead atoms. The van der Waals surface area contributed by atoms with Crippen molar-refractivity contribution in [1.82, 2.24) is 4.98 Å². The van der Waals surface area contributed by atoms with E-state index < -0.39 is 6.10 Å². The number of ether oxygens (including phenoxy) is 4. The maximum atomic E-state index is 12.3. The Morgan fingerprint density at radius 1 is 1.28 bits per heavy atom. The number of carbonyl (C=O) groups is 1. The van der Waals surface area contributed by atoms with Crippen LogP contribution in [0.3, 0.4) is 0 Å². The lowest BCUT2D eigenvalue weighted by atomic mass is 10.1. The Kier molecular flexibility index (Phi) is 7.43. The molecule has 1 aromatic carbocycles. The molecule has 1 aromatic heterocycles. The van der Waals surface area contributed by atoms with Crippen molar-refractivity contribution in [2.45, 2.75) is 45.3 Å². The van der Waals surface area contributed by atoms with Crippen LogP contribution in [0, 0.1) is 6.92 Å². The van der Waals surface area contributed by atoms with Crippen molar-refractivity contribution >= 4 is 11.6 Å². The van der Waals surface area contributed by atoms with Crippen molar-refractivity contribution in [2.75, 3.05) is 25.6 Å². The largest absolute Gasteiger partial charge is 0.493 e. The summed E-state index contributed by atoms with van der Waals surface area (Å²) in [4.78, 5) is 16.6. The average molecular weight is 400 g/mol. The number of nitrogens with zero attached hydrogens (tertiary/aromatic N) is 1.